The average molecular weight is 263 g/mol. The molecular weight excluding hydrogens is 234 g/mol. The standard InChI is InChI=1S/C17H29NO/c1-4-5-17(2,3)18-16(19)15-13-7-11-6-12(9-13)10-14(15)8-11/h11-15H,4-10H2,1-3H3,(H,18,19). The van der Waals surface area contributed by atoms with Crippen LogP contribution in [0.25, 0.3) is 0 Å². The van der Waals surface area contributed by atoms with Crippen LogP contribution >= 0.6 is 0 Å². The van der Waals surface area contributed by atoms with Crippen LogP contribution in [0.5, 0.6) is 0 Å². The zero-order chi connectivity index (χ0) is 13.6. The first-order valence-corrected chi connectivity index (χ1v) is 8.30. The highest BCUT2D eigenvalue weighted by Crippen LogP contribution is 2.56. The van der Waals surface area contributed by atoms with Crippen LogP contribution in [0, 0.1) is 29.6 Å². The molecule has 0 radical (unpaired) electrons. The van der Waals surface area contributed by atoms with E-state index in [1.54, 1.807) is 0 Å². The first kappa shape index (κ1) is 13.5. The third-order valence-electron chi connectivity index (χ3n) is 5.87. The summed E-state index contributed by atoms with van der Waals surface area (Å²) in [4.78, 5) is 12.7. The summed E-state index contributed by atoms with van der Waals surface area (Å²) < 4.78 is 0. The maximum Gasteiger partial charge on any atom is 0.224 e. The summed E-state index contributed by atoms with van der Waals surface area (Å²) in [5, 5.41) is 3.35. The minimum Gasteiger partial charge on any atom is -0.351 e. The van der Waals surface area contributed by atoms with E-state index in [1.807, 2.05) is 0 Å². The van der Waals surface area contributed by atoms with Crippen LogP contribution in [-0.4, -0.2) is 11.4 Å². The first-order chi connectivity index (χ1) is 8.98. The van der Waals surface area contributed by atoms with Gasteiger partial charge >= 0.3 is 0 Å². The van der Waals surface area contributed by atoms with Gasteiger partial charge in [0, 0.05) is 11.5 Å². The van der Waals surface area contributed by atoms with Gasteiger partial charge in [0.25, 0.3) is 0 Å². The van der Waals surface area contributed by atoms with Crippen LogP contribution in [0.15, 0.2) is 0 Å². The van der Waals surface area contributed by atoms with Gasteiger partial charge in [-0.3, -0.25) is 4.79 Å². The van der Waals surface area contributed by atoms with E-state index in [1.165, 1.54) is 32.1 Å². The van der Waals surface area contributed by atoms with Gasteiger partial charge in [-0.15, -0.1) is 0 Å². The minimum absolute atomic E-state index is 0.0273. The average Bonchev–Trinajstić information content (AvgIpc) is 2.25. The molecule has 4 aliphatic rings. The summed E-state index contributed by atoms with van der Waals surface area (Å²) in [7, 11) is 0. The molecule has 108 valence electrons. The Morgan fingerprint density at radius 3 is 2.05 bits per heavy atom. The molecule has 19 heavy (non-hydrogen) atoms. The van der Waals surface area contributed by atoms with Gasteiger partial charge in [0.1, 0.15) is 0 Å². The third-order valence-corrected chi connectivity index (χ3v) is 5.87. The zero-order valence-electron chi connectivity index (χ0n) is 12.7. The lowest BCUT2D eigenvalue weighted by Crippen LogP contribution is -2.54. The molecule has 4 rings (SSSR count). The Hall–Kier alpha value is -0.530. The second-order valence-electron chi connectivity index (χ2n) is 8.08. The second kappa shape index (κ2) is 4.79. The lowest BCUT2D eigenvalue weighted by molar-refractivity contribution is -0.139. The Morgan fingerprint density at radius 2 is 1.58 bits per heavy atom. The van der Waals surface area contributed by atoms with Crippen LogP contribution in [0.4, 0.5) is 0 Å². The summed E-state index contributed by atoms with van der Waals surface area (Å²) in [6, 6.07) is 0. The van der Waals surface area contributed by atoms with E-state index in [4.69, 9.17) is 0 Å². The lowest BCUT2D eigenvalue weighted by atomic mass is 9.51. The summed E-state index contributed by atoms with van der Waals surface area (Å²) in [5.74, 6) is 4.02. The highest BCUT2D eigenvalue weighted by Gasteiger charge is 2.51. The Bertz CT molecular complexity index is 332. The molecule has 2 heteroatoms. The molecule has 0 spiro atoms. The van der Waals surface area contributed by atoms with Gasteiger partial charge in [-0.1, -0.05) is 13.3 Å². The lowest BCUT2D eigenvalue weighted by Gasteiger charge is -2.54. The Kier molecular flexibility index (Phi) is 3.39. The second-order valence-corrected chi connectivity index (χ2v) is 8.08. The van der Waals surface area contributed by atoms with Gasteiger partial charge in [-0.25, -0.2) is 0 Å². The number of nitrogens with one attached hydrogen (secondary N) is 1. The maximum atomic E-state index is 12.7. The summed E-state index contributed by atoms with van der Waals surface area (Å²) in [5.41, 5.74) is -0.0273. The summed E-state index contributed by atoms with van der Waals surface area (Å²) in [6.07, 6.45) is 9.00. The summed E-state index contributed by atoms with van der Waals surface area (Å²) in [6.45, 7) is 6.53. The third kappa shape index (κ3) is 2.55. The van der Waals surface area contributed by atoms with Crippen LogP contribution < -0.4 is 5.32 Å². The van der Waals surface area contributed by atoms with Crippen LogP contribution in [0.3, 0.4) is 0 Å². The number of hydrogen-bond donors (Lipinski definition) is 1. The van der Waals surface area contributed by atoms with Gasteiger partial charge in [-0.05, 0) is 76.0 Å². The zero-order valence-corrected chi connectivity index (χ0v) is 12.7. The van der Waals surface area contributed by atoms with Crippen LogP contribution in [-0.2, 0) is 4.79 Å². The van der Waals surface area contributed by atoms with Crippen molar-refractivity contribution >= 4 is 5.91 Å². The van der Waals surface area contributed by atoms with E-state index in [0.717, 1.165) is 24.7 Å². The predicted molar refractivity (Wildman–Crippen MR) is 77.7 cm³/mol. The fraction of sp³-hybridized carbons (Fsp3) is 0.941. The van der Waals surface area contributed by atoms with Gasteiger partial charge < -0.3 is 5.32 Å². The van der Waals surface area contributed by atoms with E-state index in [9.17, 15) is 4.79 Å². The molecule has 4 fully saturated rings. The molecule has 0 atom stereocenters. The monoisotopic (exact) mass is 263 g/mol. The van der Waals surface area contributed by atoms with E-state index in [-0.39, 0.29) is 5.54 Å². The van der Waals surface area contributed by atoms with E-state index in [0.29, 0.717) is 23.7 Å². The number of hydrogen-bond acceptors (Lipinski definition) is 1. The Morgan fingerprint density at radius 1 is 1.05 bits per heavy atom. The molecule has 0 unspecified atom stereocenters. The summed E-state index contributed by atoms with van der Waals surface area (Å²) >= 11 is 0. The predicted octanol–water partition coefficient (Wildman–Crippen LogP) is 3.75. The van der Waals surface area contributed by atoms with Crippen molar-refractivity contribution in [1.29, 1.82) is 0 Å². The molecule has 0 aromatic carbocycles. The molecule has 4 bridgehead atoms. The molecule has 4 saturated carbocycles. The normalized spacial score (nSPS) is 40.5. The van der Waals surface area contributed by atoms with E-state index < -0.39 is 0 Å². The van der Waals surface area contributed by atoms with Crippen molar-refractivity contribution in [2.75, 3.05) is 0 Å². The van der Waals surface area contributed by atoms with Crippen molar-refractivity contribution in [3.05, 3.63) is 0 Å². The van der Waals surface area contributed by atoms with Crippen molar-refractivity contribution in [3.8, 4) is 0 Å². The van der Waals surface area contributed by atoms with Crippen molar-refractivity contribution in [3.63, 3.8) is 0 Å². The SMILES string of the molecule is CCCC(C)(C)NC(=O)C1C2CC3CC(C2)CC1C3. The fourth-order valence-corrected chi connectivity index (χ4v) is 5.46. The number of carbonyl (C=O) groups is 1. The highest BCUT2D eigenvalue weighted by molar-refractivity contribution is 5.80. The molecule has 4 aliphatic carbocycles. The quantitative estimate of drug-likeness (QED) is 0.822. The van der Waals surface area contributed by atoms with Crippen molar-refractivity contribution in [2.45, 2.75) is 71.3 Å². The molecule has 1 N–H and O–H groups in total. The Labute approximate surface area is 117 Å². The van der Waals surface area contributed by atoms with Gasteiger partial charge in [0.15, 0.2) is 0 Å². The number of carbonyl (C=O) groups excluding carboxylic acids is 1. The molecule has 0 aromatic rings. The van der Waals surface area contributed by atoms with Crippen molar-refractivity contribution < 1.29 is 4.79 Å². The topological polar surface area (TPSA) is 29.1 Å². The van der Waals surface area contributed by atoms with E-state index in [2.05, 4.69) is 26.1 Å². The molecule has 0 heterocycles. The largest absolute Gasteiger partial charge is 0.351 e. The first-order valence-electron chi connectivity index (χ1n) is 8.30. The minimum atomic E-state index is -0.0273. The molecule has 0 saturated heterocycles. The van der Waals surface area contributed by atoms with Crippen molar-refractivity contribution in [2.24, 2.45) is 29.6 Å². The smallest absolute Gasteiger partial charge is 0.224 e. The molecule has 2 nitrogen and oxygen atoms in total. The molecule has 0 aliphatic heterocycles. The number of amides is 1. The Balaban J connectivity index is 1.67. The maximum absolute atomic E-state index is 12.7. The van der Waals surface area contributed by atoms with E-state index >= 15 is 0 Å². The fourth-order valence-electron chi connectivity index (χ4n) is 5.46. The highest BCUT2D eigenvalue weighted by atomic mass is 16.2. The van der Waals surface area contributed by atoms with Gasteiger partial charge in [-0.2, -0.15) is 0 Å². The van der Waals surface area contributed by atoms with Crippen molar-refractivity contribution in [1.82, 2.24) is 5.32 Å². The molecule has 1 amide bonds. The van der Waals surface area contributed by atoms with Gasteiger partial charge in [0.05, 0.1) is 0 Å². The molecule has 0 aromatic heterocycles. The van der Waals surface area contributed by atoms with Crippen LogP contribution in [0.1, 0.15) is 65.7 Å². The number of rotatable bonds is 4. The van der Waals surface area contributed by atoms with Crippen LogP contribution in [0.2, 0.25) is 0 Å². The molecular formula is C17H29NO. The van der Waals surface area contributed by atoms with Gasteiger partial charge in [0.2, 0.25) is 5.91 Å².